The Balaban J connectivity index is 1.64. The van der Waals surface area contributed by atoms with Crippen molar-refractivity contribution in [2.45, 2.75) is 52.6 Å². The predicted octanol–water partition coefficient (Wildman–Crippen LogP) is 4.64. The smallest absolute Gasteiger partial charge is 0.265 e. The number of hydrogen-bond acceptors (Lipinski definition) is 6. The number of ketones is 2. The van der Waals surface area contributed by atoms with Crippen LogP contribution in [0.1, 0.15) is 49.5 Å². The van der Waals surface area contributed by atoms with Crippen LogP contribution in [0.2, 0.25) is 0 Å². The maximum atomic E-state index is 12.6. The number of nitrogens with zero attached hydrogens (tertiary/aromatic N) is 1. The summed E-state index contributed by atoms with van der Waals surface area (Å²) in [5, 5.41) is 7.12. The Bertz CT molecular complexity index is 1070. The second-order valence-electron chi connectivity index (χ2n) is 8.47. The summed E-state index contributed by atoms with van der Waals surface area (Å²) in [6.45, 7) is 7.16. The molecule has 0 saturated heterocycles. The summed E-state index contributed by atoms with van der Waals surface area (Å²) in [5.74, 6) is 0.147. The van der Waals surface area contributed by atoms with Gasteiger partial charge in [0.05, 0.1) is 28.8 Å². The van der Waals surface area contributed by atoms with E-state index in [2.05, 4.69) is 15.6 Å². The van der Waals surface area contributed by atoms with Crippen molar-refractivity contribution >= 4 is 44.6 Å². The van der Waals surface area contributed by atoms with Crippen molar-refractivity contribution in [3.63, 3.8) is 0 Å². The van der Waals surface area contributed by atoms with Crippen LogP contribution in [0, 0.1) is 5.92 Å². The van der Waals surface area contributed by atoms with Gasteiger partial charge in [-0.1, -0.05) is 32.0 Å². The van der Waals surface area contributed by atoms with Crippen molar-refractivity contribution in [1.29, 1.82) is 0 Å². The molecule has 0 saturated carbocycles. The molecule has 168 valence electrons. The number of carbonyl (C=O) groups is 3. The Morgan fingerprint density at radius 2 is 1.72 bits per heavy atom. The number of benzene rings is 1. The molecule has 0 unspecified atom stereocenters. The van der Waals surface area contributed by atoms with Gasteiger partial charge >= 0.3 is 0 Å². The maximum absolute atomic E-state index is 12.6. The lowest BCUT2D eigenvalue weighted by Gasteiger charge is -2.23. The molecule has 0 fully saturated rings. The van der Waals surface area contributed by atoms with E-state index in [1.165, 1.54) is 18.3 Å². The van der Waals surface area contributed by atoms with Crippen LogP contribution in [0.15, 0.2) is 48.7 Å². The van der Waals surface area contributed by atoms with Gasteiger partial charge in [-0.05, 0) is 55.8 Å². The van der Waals surface area contributed by atoms with Crippen molar-refractivity contribution in [1.82, 2.24) is 10.3 Å². The Kier molecular flexibility index (Phi) is 7.88. The van der Waals surface area contributed by atoms with Gasteiger partial charge in [-0.2, -0.15) is 0 Å². The molecule has 2 N–H and O–H groups in total. The first-order valence-corrected chi connectivity index (χ1v) is 11.6. The Morgan fingerprint density at radius 1 is 1.00 bits per heavy atom. The summed E-state index contributed by atoms with van der Waals surface area (Å²) in [6.07, 6.45) is 2.64. The molecular formula is C25H29N3O3S. The van der Waals surface area contributed by atoms with Crippen molar-refractivity contribution in [3.8, 4) is 0 Å². The second-order valence-corrected chi connectivity index (χ2v) is 9.55. The van der Waals surface area contributed by atoms with E-state index in [4.69, 9.17) is 0 Å². The number of anilines is 1. The molecule has 2 atom stereocenters. The summed E-state index contributed by atoms with van der Waals surface area (Å²) in [5.41, 5.74) is 1.30. The van der Waals surface area contributed by atoms with E-state index < -0.39 is 6.04 Å². The first kappa shape index (κ1) is 23.8. The molecule has 32 heavy (non-hydrogen) atoms. The molecule has 3 rings (SSSR count). The van der Waals surface area contributed by atoms with Gasteiger partial charge in [-0.25, -0.2) is 0 Å². The third kappa shape index (κ3) is 6.31. The highest BCUT2D eigenvalue weighted by molar-refractivity contribution is 7.20. The Morgan fingerprint density at radius 3 is 2.31 bits per heavy atom. The summed E-state index contributed by atoms with van der Waals surface area (Å²) in [4.78, 5) is 41.8. The highest BCUT2D eigenvalue weighted by Gasteiger charge is 2.23. The van der Waals surface area contributed by atoms with Gasteiger partial charge in [0.15, 0.2) is 0 Å². The predicted molar refractivity (Wildman–Crippen MR) is 129 cm³/mol. The van der Waals surface area contributed by atoms with Crippen molar-refractivity contribution in [2.75, 3.05) is 5.32 Å². The topological polar surface area (TPSA) is 88.2 Å². The van der Waals surface area contributed by atoms with Crippen molar-refractivity contribution < 1.29 is 14.4 Å². The van der Waals surface area contributed by atoms with E-state index in [1.807, 2.05) is 44.2 Å². The van der Waals surface area contributed by atoms with Crippen LogP contribution in [0.5, 0.6) is 0 Å². The first-order valence-electron chi connectivity index (χ1n) is 10.7. The number of amides is 1. The van der Waals surface area contributed by atoms with Crippen LogP contribution in [0.4, 0.5) is 5.69 Å². The van der Waals surface area contributed by atoms with Gasteiger partial charge in [-0.15, -0.1) is 11.3 Å². The number of hydrogen-bond donors (Lipinski definition) is 2. The third-order valence-corrected chi connectivity index (χ3v) is 6.35. The van der Waals surface area contributed by atoms with Gasteiger partial charge in [0.25, 0.3) is 5.91 Å². The van der Waals surface area contributed by atoms with Crippen LogP contribution in [0.25, 0.3) is 10.1 Å². The van der Waals surface area contributed by atoms with E-state index >= 15 is 0 Å². The number of aromatic nitrogens is 1. The average molecular weight is 452 g/mol. The summed E-state index contributed by atoms with van der Waals surface area (Å²) in [7, 11) is 0. The standard InChI is InChI=1S/C25H29N3O3S/c1-15(2)11-21(16(3)29)28-22(17(4)30)13-19-9-10-20(14-26-19)27-25(31)24-12-18-7-5-6-8-23(18)32-24/h5-10,12,14-15,21-22,28H,11,13H2,1-4H3,(H,27,31)/t21-,22-/m0/s1. The molecular weight excluding hydrogens is 422 g/mol. The zero-order chi connectivity index (χ0) is 23.3. The van der Waals surface area contributed by atoms with E-state index in [1.54, 1.807) is 25.3 Å². The highest BCUT2D eigenvalue weighted by atomic mass is 32.1. The minimum absolute atomic E-state index is 0.0252. The Hall–Kier alpha value is -2.90. The molecule has 6 nitrogen and oxygen atoms in total. The number of rotatable bonds is 10. The minimum Gasteiger partial charge on any atom is -0.320 e. The highest BCUT2D eigenvalue weighted by Crippen LogP contribution is 2.26. The van der Waals surface area contributed by atoms with Crippen molar-refractivity contribution in [3.05, 3.63) is 59.2 Å². The number of thiophene rings is 1. The van der Waals surface area contributed by atoms with Gasteiger partial charge in [0.2, 0.25) is 0 Å². The fourth-order valence-electron chi connectivity index (χ4n) is 3.50. The van der Waals surface area contributed by atoms with Crippen LogP contribution in [-0.4, -0.2) is 34.5 Å². The fourth-order valence-corrected chi connectivity index (χ4v) is 4.46. The average Bonchev–Trinajstić information content (AvgIpc) is 3.18. The van der Waals surface area contributed by atoms with Crippen LogP contribution in [0.3, 0.4) is 0 Å². The molecule has 3 aromatic rings. The molecule has 2 heterocycles. The monoisotopic (exact) mass is 451 g/mol. The lowest BCUT2D eigenvalue weighted by atomic mass is 9.98. The summed E-state index contributed by atoms with van der Waals surface area (Å²) < 4.78 is 1.07. The molecule has 7 heteroatoms. The van der Waals surface area contributed by atoms with Gasteiger partial charge < -0.3 is 5.32 Å². The van der Waals surface area contributed by atoms with Crippen LogP contribution < -0.4 is 10.6 Å². The molecule has 1 amide bonds. The third-order valence-electron chi connectivity index (χ3n) is 5.24. The number of pyridine rings is 1. The molecule has 0 aliphatic rings. The van der Waals surface area contributed by atoms with Crippen LogP contribution in [-0.2, 0) is 16.0 Å². The van der Waals surface area contributed by atoms with E-state index in [-0.39, 0.29) is 23.5 Å². The number of nitrogens with one attached hydrogen (secondary N) is 2. The van der Waals surface area contributed by atoms with Crippen molar-refractivity contribution in [2.24, 2.45) is 5.92 Å². The van der Waals surface area contributed by atoms with Gasteiger partial charge in [0.1, 0.15) is 11.6 Å². The zero-order valence-electron chi connectivity index (χ0n) is 18.8. The summed E-state index contributed by atoms with van der Waals surface area (Å²) >= 11 is 1.45. The molecule has 0 aliphatic heterocycles. The van der Waals surface area contributed by atoms with Gasteiger partial charge in [0, 0.05) is 16.8 Å². The molecule has 0 aliphatic carbocycles. The van der Waals surface area contributed by atoms with E-state index in [0.29, 0.717) is 35.0 Å². The van der Waals surface area contributed by atoms with E-state index in [0.717, 1.165) is 10.1 Å². The summed E-state index contributed by atoms with van der Waals surface area (Å²) in [6, 6.07) is 12.5. The zero-order valence-corrected chi connectivity index (χ0v) is 19.7. The number of carbonyl (C=O) groups excluding carboxylic acids is 3. The first-order chi connectivity index (χ1) is 15.2. The normalized spacial score (nSPS) is 13.2. The Labute approximate surface area is 192 Å². The molecule has 0 radical (unpaired) electrons. The fraction of sp³-hybridized carbons (Fsp3) is 0.360. The van der Waals surface area contributed by atoms with E-state index in [9.17, 15) is 14.4 Å². The SMILES string of the molecule is CC(=O)[C@H](Cc1ccc(NC(=O)c2cc3ccccc3s2)cn1)N[C@@H](CC(C)C)C(C)=O. The minimum atomic E-state index is -0.492. The maximum Gasteiger partial charge on any atom is 0.265 e. The lowest BCUT2D eigenvalue weighted by molar-refractivity contribution is -0.121. The number of fused-ring (bicyclic) bond motifs is 1. The largest absolute Gasteiger partial charge is 0.320 e. The molecule has 1 aromatic carbocycles. The molecule has 2 aromatic heterocycles. The molecule has 0 spiro atoms. The number of Topliss-reactive ketones (excluding diaryl/α,β-unsaturated/α-hetero) is 2. The quantitative estimate of drug-likeness (QED) is 0.469. The van der Waals surface area contributed by atoms with Gasteiger partial charge in [-0.3, -0.25) is 24.7 Å². The second kappa shape index (κ2) is 10.6. The lowest BCUT2D eigenvalue weighted by Crippen LogP contribution is -2.47. The van der Waals surface area contributed by atoms with Crippen LogP contribution >= 0.6 is 11.3 Å². The molecule has 0 bridgehead atoms.